The Bertz CT molecular complexity index is 683. The normalized spacial score (nSPS) is 11.2. The molecule has 1 amide bonds. The standard InChI is InChI=1S/C15H18N4O2/c1-9(20)10-6-5-7-11(8-10)16-13(21)12-17-14(19-18-12)15(2,3)4/h5-8H,1-4H3,(H,16,21)(H,17,18,19). The van der Waals surface area contributed by atoms with Crippen molar-refractivity contribution in [2.24, 2.45) is 0 Å². The maximum atomic E-state index is 12.1. The van der Waals surface area contributed by atoms with Crippen LogP contribution < -0.4 is 5.32 Å². The van der Waals surface area contributed by atoms with Gasteiger partial charge in [0.05, 0.1) is 0 Å². The van der Waals surface area contributed by atoms with Gasteiger partial charge in [0.1, 0.15) is 5.82 Å². The number of aromatic nitrogens is 3. The topological polar surface area (TPSA) is 87.7 Å². The molecular weight excluding hydrogens is 268 g/mol. The first kappa shape index (κ1) is 14.9. The van der Waals surface area contributed by atoms with Gasteiger partial charge in [-0.3, -0.25) is 14.7 Å². The van der Waals surface area contributed by atoms with Crippen molar-refractivity contribution in [2.75, 3.05) is 5.32 Å². The van der Waals surface area contributed by atoms with E-state index >= 15 is 0 Å². The lowest BCUT2D eigenvalue weighted by molar-refractivity contribution is 0.100. The van der Waals surface area contributed by atoms with Crippen molar-refractivity contribution in [3.63, 3.8) is 0 Å². The number of rotatable bonds is 3. The third-order valence-electron chi connectivity index (χ3n) is 2.93. The van der Waals surface area contributed by atoms with Crippen LogP contribution in [0.5, 0.6) is 0 Å². The number of hydrogen-bond acceptors (Lipinski definition) is 4. The molecule has 0 aliphatic heterocycles. The number of ketones is 1. The Hall–Kier alpha value is -2.50. The number of aromatic amines is 1. The van der Waals surface area contributed by atoms with E-state index < -0.39 is 5.91 Å². The van der Waals surface area contributed by atoms with Crippen LogP contribution in [0.4, 0.5) is 5.69 Å². The van der Waals surface area contributed by atoms with Crippen molar-refractivity contribution in [2.45, 2.75) is 33.1 Å². The number of benzene rings is 1. The van der Waals surface area contributed by atoms with Crippen molar-refractivity contribution >= 4 is 17.4 Å². The molecular formula is C15H18N4O2. The zero-order chi connectivity index (χ0) is 15.6. The minimum atomic E-state index is -0.414. The fourth-order valence-corrected chi connectivity index (χ4v) is 1.70. The van der Waals surface area contributed by atoms with Gasteiger partial charge in [0.25, 0.3) is 5.91 Å². The summed E-state index contributed by atoms with van der Waals surface area (Å²) >= 11 is 0. The highest BCUT2D eigenvalue weighted by molar-refractivity contribution is 6.02. The van der Waals surface area contributed by atoms with Crippen molar-refractivity contribution in [1.29, 1.82) is 0 Å². The van der Waals surface area contributed by atoms with Crippen LogP contribution in [-0.2, 0) is 5.41 Å². The zero-order valence-electron chi connectivity index (χ0n) is 12.5. The summed E-state index contributed by atoms with van der Waals surface area (Å²) in [4.78, 5) is 27.6. The Labute approximate surface area is 123 Å². The summed E-state index contributed by atoms with van der Waals surface area (Å²) in [5.41, 5.74) is 0.869. The van der Waals surface area contributed by atoms with Crippen molar-refractivity contribution in [3.05, 3.63) is 41.5 Å². The SMILES string of the molecule is CC(=O)c1cccc(NC(=O)c2n[nH]c(C(C)(C)C)n2)c1. The van der Waals surface area contributed by atoms with Gasteiger partial charge in [-0.1, -0.05) is 32.9 Å². The number of carbonyl (C=O) groups is 2. The molecule has 21 heavy (non-hydrogen) atoms. The van der Waals surface area contributed by atoms with Crippen LogP contribution in [0.3, 0.4) is 0 Å². The van der Waals surface area contributed by atoms with Crippen LogP contribution in [0, 0.1) is 0 Å². The van der Waals surface area contributed by atoms with E-state index in [1.54, 1.807) is 24.3 Å². The average Bonchev–Trinajstić information content (AvgIpc) is 2.88. The number of carbonyl (C=O) groups excluding carboxylic acids is 2. The van der Waals surface area contributed by atoms with Gasteiger partial charge in [-0.15, -0.1) is 5.10 Å². The van der Waals surface area contributed by atoms with Crippen LogP contribution in [0.25, 0.3) is 0 Å². The van der Waals surface area contributed by atoms with E-state index in [1.807, 2.05) is 20.8 Å². The summed E-state index contributed by atoms with van der Waals surface area (Å²) in [7, 11) is 0. The lowest BCUT2D eigenvalue weighted by atomic mass is 9.96. The quantitative estimate of drug-likeness (QED) is 0.849. The molecule has 2 N–H and O–H groups in total. The van der Waals surface area contributed by atoms with Crippen molar-refractivity contribution in [1.82, 2.24) is 15.2 Å². The van der Waals surface area contributed by atoms with E-state index in [0.29, 0.717) is 17.1 Å². The number of Topliss-reactive ketones (excluding diaryl/α,β-unsaturated/α-hetero) is 1. The predicted molar refractivity (Wildman–Crippen MR) is 79.5 cm³/mol. The van der Waals surface area contributed by atoms with E-state index in [4.69, 9.17) is 0 Å². The molecule has 0 atom stereocenters. The highest BCUT2D eigenvalue weighted by atomic mass is 16.2. The smallest absolute Gasteiger partial charge is 0.295 e. The summed E-state index contributed by atoms with van der Waals surface area (Å²) in [6.45, 7) is 7.41. The predicted octanol–water partition coefficient (Wildman–Crippen LogP) is 2.56. The molecule has 1 heterocycles. The van der Waals surface area contributed by atoms with Gasteiger partial charge in [0.15, 0.2) is 5.78 Å². The molecule has 0 spiro atoms. The maximum Gasteiger partial charge on any atom is 0.295 e. The summed E-state index contributed by atoms with van der Waals surface area (Å²) < 4.78 is 0. The van der Waals surface area contributed by atoms with Gasteiger partial charge in [0.2, 0.25) is 5.82 Å². The lowest BCUT2D eigenvalue weighted by Gasteiger charge is -2.12. The van der Waals surface area contributed by atoms with Crippen LogP contribution in [0.15, 0.2) is 24.3 Å². The van der Waals surface area contributed by atoms with E-state index in [0.717, 1.165) is 0 Å². The molecule has 0 fully saturated rings. The Morgan fingerprint density at radius 2 is 1.95 bits per heavy atom. The summed E-state index contributed by atoms with van der Waals surface area (Å²) in [6, 6.07) is 6.74. The number of H-pyrrole nitrogens is 1. The molecule has 0 saturated carbocycles. The van der Waals surface area contributed by atoms with Crippen LogP contribution >= 0.6 is 0 Å². The van der Waals surface area contributed by atoms with E-state index in [1.165, 1.54) is 6.92 Å². The molecule has 6 heteroatoms. The molecule has 0 aliphatic rings. The minimum absolute atomic E-state index is 0.0565. The number of amides is 1. The molecule has 6 nitrogen and oxygen atoms in total. The van der Waals surface area contributed by atoms with Crippen molar-refractivity contribution in [3.8, 4) is 0 Å². The Morgan fingerprint density at radius 3 is 2.52 bits per heavy atom. The number of anilines is 1. The molecule has 0 unspecified atom stereocenters. The second-order valence-electron chi connectivity index (χ2n) is 5.85. The number of nitrogens with one attached hydrogen (secondary N) is 2. The van der Waals surface area contributed by atoms with Gasteiger partial charge < -0.3 is 5.32 Å². The molecule has 1 aromatic heterocycles. The number of hydrogen-bond donors (Lipinski definition) is 2. The maximum absolute atomic E-state index is 12.1. The Kier molecular flexibility index (Phi) is 3.88. The summed E-state index contributed by atoms with van der Waals surface area (Å²) in [5.74, 6) is 0.250. The minimum Gasteiger partial charge on any atom is -0.319 e. The molecule has 0 bridgehead atoms. The van der Waals surface area contributed by atoms with Crippen LogP contribution in [-0.4, -0.2) is 26.9 Å². The van der Waals surface area contributed by atoms with Crippen molar-refractivity contribution < 1.29 is 9.59 Å². The molecule has 1 aromatic carbocycles. The van der Waals surface area contributed by atoms with Gasteiger partial charge in [-0.25, -0.2) is 4.98 Å². The largest absolute Gasteiger partial charge is 0.319 e. The van der Waals surface area contributed by atoms with Crippen LogP contribution in [0.2, 0.25) is 0 Å². The van der Waals surface area contributed by atoms with E-state index in [9.17, 15) is 9.59 Å². The summed E-state index contributed by atoms with van der Waals surface area (Å²) in [6.07, 6.45) is 0. The zero-order valence-corrected chi connectivity index (χ0v) is 12.5. The monoisotopic (exact) mass is 286 g/mol. The first-order valence-corrected chi connectivity index (χ1v) is 6.62. The molecule has 110 valence electrons. The molecule has 0 radical (unpaired) electrons. The fraction of sp³-hybridized carbons (Fsp3) is 0.333. The Morgan fingerprint density at radius 1 is 1.24 bits per heavy atom. The van der Waals surface area contributed by atoms with E-state index in [-0.39, 0.29) is 17.0 Å². The molecule has 0 aliphatic carbocycles. The average molecular weight is 286 g/mol. The number of nitrogens with zero attached hydrogens (tertiary/aromatic N) is 2. The summed E-state index contributed by atoms with van der Waals surface area (Å²) in [5, 5.41) is 9.37. The molecule has 2 rings (SSSR count). The third kappa shape index (κ3) is 3.53. The van der Waals surface area contributed by atoms with Gasteiger partial charge in [-0.05, 0) is 19.1 Å². The molecule has 0 saturated heterocycles. The highest BCUT2D eigenvalue weighted by Gasteiger charge is 2.21. The first-order chi connectivity index (χ1) is 9.77. The van der Waals surface area contributed by atoms with Gasteiger partial charge in [-0.2, -0.15) is 0 Å². The second-order valence-corrected chi connectivity index (χ2v) is 5.85. The second kappa shape index (κ2) is 5.47. The molecule has 2 aromatic rings. The van der Waals surface area contributed by atoms with Gasteiger partial charge >= 0.3 is 0 Å². The van der Waals surface area contributed by atoms with Crippen LogP contribution in [0.1, 0.15) is 54.5 Å². The first-order valence-electron chi connectivity index (χ1n) is 6.62. The third-order valence-corrected chi connectivity index (χ3v) is 2.93. The highest BCUT2D eigenvalue weighted by Crippen LogP contribution is 2.18. The van der Waals surface area contributed by atoms with E-state index in [2.05, 4.69) is 20.5 Å². The van der Waals surface area contributed by atoms with Gasteiger partial charge in [0, 0.05) is 16.7 Å². The lowest BCUT2D eigenvalue weighted by Crippen LogP contribution is -2.16. The Balaban J connectivity index is 2.16. The fourth-order valence-electron chi connectivity index (χ4n) is 1.70.